The van der Waals surface area contributed by atoms with Gasteiger partial charge in [0.05, 0.1) is 13.0 Å². The van der Waals surface area contributed by atoms with E-state index in [9.17, 15) is 14.7 Å². The van der Waals surface area contributed by atoms with Crippen LogP contribution in [0.3, 0.4) is 0 Å². The Morgan fingerprint density at radius 3 is 1.17 bits per heavy atom. The van der Waals surface area contributed by atoms with Gasteiger partial charge in [0.1, 0.15) is 6.04 Å². The number of hydrogen-bond acceptors (Lipinski definition) is 4. The lowest BCUT2D eigenvalue weighted by Gasteiger charge is -2.14. The molecule has 0 spiro atoms. The van der Waals surface area contributed by atoms with Gasteiger partial charge in [0.15, 0.2) is 0 Å². The number of rotatable bonds is 34. The van der Waals surface area contributed by atoms with Crippen LogP contribution in [0.4, 0.5) is 0 Å². The standard InChI is InChI=1S/C36H71NO4/c1-3-5-7-9-11-13-15-17-18-19-20-21-23-25-27-29-31-37-34(36(39)40)33-35(38)41-32-30-28-26-24-22-16-14-12-10-8-6-4-2/h34,37H,3-33H2,1-2H3,(H,39,40). The molecule has 1 unspecified atom stereocenters. The van der Waals surface area contributed by atoms with Crippen LogP contribution >= 0.6 is 0 Å². The second-order valence-electron chi connectivity index (χ2n) is 12.5. The lowest BCUT2D eigenvalue weighted by atomic mass is 10.0. The van der Waals surface area contributed by atoms with Gasteiger partial charge < -0.3 is 15.2 Å². The number of ether oxygens (including phenoxy) is 1. The fourth-order valence-corrected chi connectivity index (χ4v) is 5.55. The van der Waals surface area contributed by atoms with Crippen LogP contribution in [-0.2, 0) is 14.3 Å². The van der Waals surface area contributed by atoms with Gasteiger partial charge in [0.25, 0.3) is 0 Å². The van der Waals surface area contributed by atoms with Crippen molar-refractivity contribution in [3.63, 3.8) is 0 Å². The minimum absolute atomic E-state index is 0.0908. The molecule has 0 radical (unpaired) electrons. The molecule has 0 saturated carbocycles. The van der Waals surface area contributed by atoms with Crippen molar-refractivity contribution in [3.8, 4) is 0 Å². The van der Waals surface area contributed by atoms with Gasteiger partial charge in [-0.2, -0.15) is 0 Å². The summed E-state index contributed by atoms with van der Waals surface area (Å²) in [6.07, 6.45) is 36.3. The molecule has 5 heteroatoms. The Hall–Kier alpha value is -1.10. The van der Waals surface area contributed by atoms with Crippen molar-refractivity contribution < 1.29 is 19.4 Å². The number of carbonyl (C=O) groups excluding carboxylic acids is 1. The minimum atomic E-state index is -0.969. The van der Waals surface area contributed by atoms with Crippen LogP contribution in [-0.4, -0.2) is 36.2 Å². The van der Waals surface area contributed by atoms with E-state index in [-0.39, 0.29) is 6.42 Å². The summed E-state index contributed by atoms with van der Waals surface area (Å²) in [4.78, 5) is 23.7. The summed E-state index contributed by atoms with van der Waals surface area (Å²) in [5.74, 6) is -1.37. The van der Waals surface area contributed by atoms with Crippen LogP contribution in [0.25, 0.3) is 0 Å². The van der Waals surface area contributed by atoms with Gasteiger partial charge in [0, 0.05) is 0 Å². The van der Waals surface area contributed by atoms with E-state index in [2.05, 4.69) is 19.2 Å². The van der Waals surface area contributed by atoms with E-state index >= 15 is 0 Å². The highest BCUT2D eigenvalue weighted by molar-refractivity contribution is 5.81. The van der Waals surface area contributed by atoms with Gasteiger partial charge in [-0.15, -0.1) is 0 Å². The lowest BCUT2D eigenvalue weighted by Crippen LogP contribution is -2.39. The van der Waals surface area contributed by atoms with Gasteiger partial charge in [0.2, 0.25) is 0 Å². The average Bonchev–Trinajstić information content (AvgIpc) is 2.96. The van der Waals surface area contributed by atoms with E-state index in [1.165, 1.54) is 154 Å². The SMILES string of the molecule is CCCCCCCCCCCCCCCCCCNC(CC(=O)OCCCCCCCCCCCCCC)C(=O)O. The molecule has 41 heavy (non-hydrogen) atoms. The second kappa shape index (κ2) is 33.4. The van der Waals surface area contributed by atoms with Crippen molar-refractivity contribution in [2.45, 2.75) is 206 Å². The van der Waals surface area contributed by atoms with Gasteiger partial charge in [-0.25, -0.2) is 0 Å². The first-order valence-corrected chi connectivity index (χ1v) is 18.2. The largest absolute Gasteiger partial charge is 0.480 e. The van der Waals surface area contributed by atoms with Crippen LogP contribution in [0.1, 0.15) is 200 Å². The van der Waals surface area contributed by atoms with Crippen LogP contribution in [0.2, 0.25) is 0 Å². The van der Waals surface area contributed by atoms with Gasteiger partial charge >= 0.3 is 11.9 Å². The third-order valence-corrected chi connectivity index (χ3v) is 8.35. The van der Waals surface area contributed by atoms with E-state index in [1.54, 1.807) is 0 Å². The molecular formula is C36H71NO4. The molecule has 0 heterocycles. The molecule has 2 N–H and O–H groups in total. The molecule has 0 bridgehead atoms. The summed E-state index contributed by atoms with van der Waals surface area (Å²) in [6.45, 7) is 5.58. The Bertz CT molecular complexity index is 554. The Morgan fingerprint density at radius 2 is 0.829 bits per heavy atom. The third kappa shape index (κ3) is 31.7. The smallest absolute Gasteiger partial charge is 0.321 e. The summed E-state index contributed by atoms with van der Waals surface area (Å²) < 4.78 is 5.31. The molecule has 0 aliphatic carbocycles. The maximum atomic E-state index is 12.1. The van der Waals surface area contributed by atoms with Gasteiger partial charge in [-0.1, -0.05) is 181 Å². The molecule has 0 aliphatic heterocycles. The molecule has 0 fully saturated rings. The molecule has 0 amide bonds. The molecule has 0 aromatic carbocycles. The summed E-state index contributed by atoms with van der Waals surface area (Å²) >= 11 is 0. The molecular weight excluding hydrogens is 510 g/mol. The quantitative estimate of drug-likeness (QED) is 0.0584. The van der Waals surface area contributed by atoms with Gasteiger partial charge in [-0.05, 0) is 19.4 Å². The van der Waals surface area contributed by atoms with Gasteiger partial charge in [-0.3, -0.25) is 9.59 Å². The van der Waals surface area contributed by atoms with Crippen molar-refractivity contribution >= 4 is 11.9 Å². The lowest BCUT2D eigenvalue weighted by molar-refractivity contribution is -0.149. The Morgan fingerprint density at radius 1 is 0.512 bits per heavy atom. The first-order chi connectivity index (χ1) is 20.1. The van der Waals surface area contributed by atoms with Crippen LogP contribution in [0.5, 0.6) is 0 Å². The molecule has 0 aliphatic rings. The minimum Gasteiger partial charge on any atom is -0.480 e. The molecule has 1 atom stereocenters. The summed E-state index contributed by atoms with van der Waals surface area (Å²) in [5.41, 5.74) is 0. The zero-order valence-electron chi connectivity index (χ0n) is 27.7. The molecule has 0 saturated heterocycles. The van der Waals surface area contributed by atoms with Crippen molar-refractivity contribution in [1.29, 1.82) is 0 Å². The predicted octanol–water partition coefficient (Wildman–Crippen LogP) is 10.9. The third-order valence-electron chi connectivity index (χ3n) is 8.35. The highest BCUT2D eigenvalue weighted by Gasteiger charge is 2.21. The second-order valence-corrected chi connectivity index (χ2v) is 12.5. The first kappa shape index (κ1) is 39.9. The van der Waals surface area contributed by atoms with E-state index in [0.717, 1.165) is 25.7 Å². The maximum absolute atomic E-state index is 12.1. The van der Waals surface area contributed by atoms with Crippen molar-refractivity contribution in [2.75, 3.05) is 13.2 Å². The fraction of sp³-hybridized carbons (Fsp3) is 0.944. The number of esters is 1. The number of unbranched alkanes of at least 4 members (excludes halogenated alkanes) is 26. The van der Waals surface area contributed by atoms with E-state index in [1.807, 2.05) is 0 Å². The zero-order valence-corrected chi connectivity index (χ0v) is 27.7. The average molecular weight is 582 g/mol. The number of hydrogen-bond donors (Lipinski definition) is 2. The molecule has 0 rings (SSSR count). The molecule has 5 nitrogen and oxygen atoms in total. The van der Waals surface area contributed by atoms with Crippen molar-refractivity contribution in [3.05, 3.63) is 0 Å². The van der Waals surface area contributed by atoms with Crippen molar-refractivity contribution in [1.82, 2.24) is 5.32 Å². The number of carboxylic acids is 1. The Kier molecular flexibility index (Phi) is 32.5. The summed E-state index contributed by atoms with van der Waals surface area (Å²) in [5, 5.41) is 12.5. The fourth-order valence-electron chi connectivity index (χ4n) is 5.55. The predicted molar refractivity (Wildman–Crippen MR) is 176 cm³/mol. The van der Waals surface area contributed by atoms with E-state index < -0.39 is 18.0 Å². The topological polar surface area (TPSA) is 75.6 Å². The number of nitrogens with one attached hydrogen (secondary N) is 1. The molecule has 0 aromatic heterocycles. The van der Waals surface area contributed by atoms with E-state index in [4.69, 9.17) is 4.74 Å². The molecule has 0 aromatic rings. The number of carbonyl (C=O) groups is 2. The summed E-state index contributed by atoms with van der Waals surface area (Å²) in [6, 6.07) is -0.846. The Balaban J connectivity index is 3.51. The zero-order chi connectivity index (χ0) is 30.1. The Labute approximate surface area is 255 Å². The highest BCUT2D eigenvalue weighted by atomic mass is 16.5. The molecule has 244 valence electrons. The number of aliphatic carboxylic acids is 1. The highest BCUT2D eigenvalue weighted by Crippen LogP contribution is 2.14. The number of carboxylic acid groups (broad SMARTS) is 1. The maximum Gasteiger partial charge on any atom is 0.321 e. The van der Waals surface area contributed by atoms with Crippen LogP contribution < -0.4 is 5.32 Å². The van der Waals surface area contributed by atoms with E-state index in [0.29, 0.717) is 13.2 Å². The normalized spacial score (nSPS) is 12.0. The first-order valence-electron chi connectivity index (χ1n) is 18.2. The van der Waals surface area contributed by atoms with Crippen LogP contribution in [0.15, 0.2) is 0 Å². The monoisotopic (exact) mass is 582 g/mol. The summed E-state index contributed by atoms with van der Waals surface area (Å²) in [7, 11) is 0. The van der Waals surface area contributed by atoms with Crippen LogP contribution in [0, 0.1) is 0 Å². The van der Waals surface area contributed by atoms with Crippen molar-refractivity contribution in [2.24, 2.45) is 0 Å².